The van der Waals surface area contributed by atoms with Crippen LogP contribution in [0.4, 0.5) is 4.39 Å². The van der Waals surface area contributed by atoms with Gasteiger partial charge in [0.15, 0.2) is 0 Å². The van der Waals surface area contributed by atoms with Gasteiger partial charge in [0.05, 0.1) is 0 Å². The second-order valence-corrected chi connectivity index (χ2v) is 7.11. The molecule has 0 aliphatic carbocycles. The Bertz CT molecular complexity index is 439. The lowest BCUT2D eigenvalue weighted by Gasteiger charge is -2.31. The van der Waals surface area contributed by atoms with E-state index in [2.05, 4.69) is 41.8 Å². The first-order valence-electron chi connectivity index (χ1n) is 6.59. The minimum Gasteiger partial charge on any atom is -0.298 e. The van der Waals surface area contributed by atoms with Gasteiger partial charge in [-0.25, -0.2) is 4.39 Å². The first-order valence-corrected chi connectivity index (χ1v) is 7.16. The van der Waals surface area contributed by atoms with Crippen molar-refractivity contribution in [2.24, 2.45) is 5.92 Å². The lowest BCUT2D eigenvalue weighted by molar-refractivity contribution is 0.168. The van der Waals surface area contributed by atoms with Gasteiger partial charge in [0.1, 0.15) is 5.82 Å². The van der Waals surface area contributed by atoms with Crippen molar-refractivity contribution in [3.05, 3.63) is 29.6 Å². The fourth-order valence-electron chi connectivity index (χ4n) is 2.76. The molecule has 0 saturated carbocycles. The summed E-state index contributed by atoms with van der Waals surface area (Å²) in [7, 11) is 2.55. The van der Waals surface area contributed by atoms with E-state index in [1.807, 2.05) is 12.1 Å². The van der Waals surface area contributed by atoms with Gasteiger partial charge in [0, 0.05) is 24.5 Å². The number of likely N-dealkylation sites (tertiary alicyclic amines) is 1. The van der Waals surface area contributed by atoms with Crippen molar-refractivity contribution in [3.63, 3.8) is 0 Å². The molecule has 1 aromatic rings. The third-order valence-corrected chi connectivity index (χ3v) is 4.34. The van der Waals surface area contributed by atoms with E-state index >= 15 is 0 Å². The van der Waals surface area contributed by atoms with E-state index in [9.17, 15) is 4.39 Å². The van der Waals surface area contributed by atoms with Gasteiger partial charge in [-0.05, 0) is 43.6 Å². The minimum absolute atomic E-state index is 0.0601. The van der Waals surface area contributed by atoms with Crippen LogP contribution in [-0.4, -0.2) is 23.5 Å². The molecule has 0 bridgehead atoms. The summed E-state index contributed by atoms with van der Waals surface area (Å²) < 4.78 is 14.1. The first-order chi connectivity index (χ1) is 8.29. The molecule has 1 saturated heterocycles. The van der Waals surface area contributed by atoms with Crippen LogP contribution in [0.25, 0.3) is 0 Å². The highest BCUT2D eigenvalue weighted by Gasteiger charge is 2.36. The monoisotopic (exact) mass is 267 g/mol. The molecule has 2 unspecified atom stereocenters. The summed E-state index contributed by atoms with van der Waals surface area (Å²) in [5.74, 6) is 0.763. The summed E-state index contributed by atoms with van der Waals surface area (Å²) in [4.78, 5) is 2.45. The van der Waals surface area contributed by atoms with E-state index in [-0.39, 0.29) is 11.4 Å². The van der Waals surface area contributed by atoms with Gasteiger partial charge in [-0.2, -0.15) is 0 Å². The normalized spacial score (nSPS) is 25.7. The molecule has 1 aromatic carbocycles. The predicted molar refractivity (Wildman–Crippen MR) is 79.0 cm³/mol. The molecule has 1 nitrogen and oxygen atoms in total. The maximum atomic E-state index is 14.1. The first kappa shape index (κ1) is 14.0. The Morgan fingerprint density at radius 1 is 1.28 bits per heavy atom. The quantitative estimate of drug-likeness (QED) is 0.706. The Labute approximate surface area is 112 Å². The highest BCUT2D eigenvalue weighted by atomic mass is 31.0. The maximum Gasteiger partial charge on any atom is 0.127 e. The van der Waals surface area contributed by atoms with E-state index in [0.29, 0.717) is 11.8 Å². The fraction of sp³-hybridized carbons (Fsp3) is 0.600. The third kappa shape index (κ3) is 2.75. The molecule has 0 N–H and O–H groups in total. The lowest BCUT2D eigenvalue weighted by Crippen LogP contribution is -2.39. The van der Waals surface area contributed by atoms with Crippen LogP contribution < -0.4 is 5.30 Å². The van der Waals surface area contributed by atoms with E-state index < -0.39 is 0 Å². The van der Waals surface area contributed by atoms with Gasteiger partial charge in [-0.3, -0.25) is 4.90 Å². The Morgan fingerprint density at radius 2 is 1.94 bits per heavy atom. The highest BCUT2D eigenvalue weighted by molar-refractivity contribution is 7.27. The standard InChI is InChI=1S/C15H23FNP/c1-10-8-17(15(2,3)4)9-13(10)12-6-5-11(18)7-14(12)16/h5-7,10,13H,8-9,18H2,1-4H3/t10?,13-/m1/s1. The second-order valence-electron chi connectivity index (χ2n) is 6.44. The van der Waals surface area contributed by atoms with Gasteiger partial charge in [-0.15, -0.1) is 9.24 Å². The molecular formula is C15H23FNP. The summed E-state index contributed by atoms with van der Waals surface area (Å²) in [5.41, 5.74) is 1.04. The zero-order chi connectivity index (χ0) is 13.5. The van der Waals surface area contributed by atoms with Crippen LogP contribution in [0.3, 0.4) is 0 Å². The van der Waals surface area contributed by atoms with Crippen molar-refractivity contribution >= 4 is 14.5 Å². The smallest absolute Gasteiger partial charge is 0.127 e. The van der Waals surface area contributed by atoms with Crippen molar-refractivity contribution in [1.82, 2.24) is 4.90 Å². The largest absolute Gasteiger partial charge is 0.298 e. The fourth-order valence-corrected chi connectivity index (χ4v) is 3.01. The van der Waals surface area contributed by atoms with Crippen LogP contribution in [-0.2, 0) is 0 Å². The van der Waals surface area contributed by atoms with Crippen LogP contribution in [0.2, 0.25) is 0 Å². The van der Waals surface area contributed by atoms with Crippen molar-refractivity contribution in [1.29, 1.82) is 0 Å². The summed E-state index contributed by atoms with van der Waals surface area (Å²) in [6, 6.07) is 5.55. The third-order valence-electron chi connectivity index (χ3n) is 3.99. The summed E-state index contributed by atoms with van der Waals surface area (Å²) in [6.07, 6.45) is 0. The van der Waals surface area contributed by atoms with Crippen molar-refractivity contribution in [2.45, 2.75) is 39.2 Å². The summed E-state index contributed by atoms with van der Waals surface area (Å²) in [6.45, 7) is 10.9. The van der Waals surface area contributed by atoms with Crippen molar-refractivity contribution < 1.29 is 4.39 Å². The molecule has 3 heteroatoms. The number of benzene rings is 1. The second kappa shape index (κ2) is 4.90. The number of nitrogens with zero attached hydrogens (tertiary/aromatic N) is 1. The topological polar surface area (TPSA) is 3.24 Å². The number of halogens is 1. The minimum atomic E-state index is -0.0601. The van der Waals surface area contributed by atoms with Crippen LogP contribution in [0.5, 0.6) is 0 Å². The Kier molecular flexibility index (Phi) is 3.80. The molecule has 3 atom stereocenters. The van der Waals surface area contributed by atoms with E-state index in [1.54, 1.807) is 6.07 Å². The molecule has 0 amide bonds. The van der Waals surface area contributed by atoms with Crippen LogP contribution in [0, 0.1) is 11.7 Å². The van der Waals surface area contributed by atoms with Crippen LogP contribution >= 0.6 is 9.24 Å². The molecule has 0 radical (unpaired) electrons. The van der Waals surface area contributed by atoms with Crippen LogP contribution in [0.1, 0.15) is 39.2 Å². The average Bonchev–Trinajstić information content (AvgIpc) is 2.60. The molecule has 18 heavy (non-hydrogen) atoms. The zero-order valence-corrected chi connectivity index (χ0v) is 12.9. The number of hydrogen-bond acceptors (Lipinski definition) is 1. The highest BCUT2D eigenvalue weighted by Crippen LogP contribution is 2.36. The number of rotatable bonds is 1. The van der Waals surface area contributed by atoms with E-state index in [4.69, 9.17) is 0 Å². The molecule has 1 aliphatic heterocycles. The SMILES string of the molecule is CC1CN(C(C)(C)C)C[C@H]1c1ccc(P)cc1F. The predicted octanol–water partition coefficient (Wildman–Crippen LogP) is 3.16. The Balaban J connectivity index is 2.24. The summed E-state index contributed by atoms with van der Waals surface area (Å²) >= 11 is 0. The number of hydrogen-bond donors (Lipinski definition) is 0. The Hall–Kier alpha value is -0.460. The van der Waals surface area contributed by atoms with Crippen LogP contribution in [0.15, 0.2) is 18.2 Å². The molecule has 0 aromatic heterocycles. The van der Waals surface area contributed by atoms with Gasteiger partial charge in [-0.1, -0.05) is 19.1 Å². The lowest BCUT2D eigenvalue weighted by atomic mass is 9.90. The van der Waals surface area contributed by atoms with E-state index in [0.717, 1.165) is 24.0 Å². The molecular weight excluding hydrogens is 244 g/mol. The maximum absolute atomic E-state index is 14.1. The molecule has 2 rings (SSSR count). The molecule has 1 aliphatic rings. The average molecular weight is 267 g/mol. The van der Waals surface area contributed by atoms with Gasteiger partial charge in [0.25, 0.3) is 0 Å². The molecule has 100 valence electrons. The van der Waals surface area contributed by atoms with E-state index in [1.165, 1.54) is 0 Å². The zero-order valence-electron chi connectivity index (χ0n) is 11.7. The van der Waals surface area contributed by atoms with Crippen molar-refractivity contribution in [3.8, 4) is 0 Å². The van der Waals surface area contributed by atoms with Gasteiger partial charge < -0.3 is 0 Å². The van der Waals surface area contributed by atoms with Crippen molar-refractivity contribution in [2.75, 3.05) is 13.1 Å². The Morgan fingerprint density at radius 3 is 2.44 bits per heavy atom. The molecule has 1 heterocycles. The molecule has 1 fully saturated rings. The van der Waals surface area contributed by atoms with Gasteiger partial charge >= 0.3 is 0 Å². The molecule has 0 spiro atoms. The van der Waals surface area contributed by atoms with Gasteiger partial charge in [0.2, 0.25) is 0 Å². The summed E-state index contributed by atoms with van der Waals surface area (Å²) in [5, 5.41) is 0.912.